The van der Waals surface area contributed by atoms with Gasteiger partial charge >= 0.3 is 0 Å². The fraction of sp³-hybridized carbons (Fsp3) is 0.250. The minimum absolute atomic E-state index is 0.317. The van der Waals surface area contributed by atoms with Crippen molar-refractivity contribution in [3.8, 4) is 0 Å². The molecule has 0 bridgehead atoms. The summed E-state index contributed by atoms with van der Waals surface area (Å²) in [7, 11) is 2.01. The number of rotatable bonds is 4. The first-order chi connectivity index (χ1) is 9.10. The maximum Gasteiger partial charge on any atom is 0.0408 e. The lowest BCUT2D eigenvalue weighted by Gasteiger charge is -2.19. The third-order valence-electron chi connectivity index (χ3n) is 3.31. The van der Waals surface area contributed by atoms with Gasteiger partial charge in [0, 0.05) is 14.6 Å². The van der Waals surface area contributed by atoms with Crippen LogP contribution in [0.3, 0.4) is 0 Å². The van der Waals surface area contributed by atoms with E-state index >= 15 is 0 Å². The molecule has 0 saturated carbocycles. The Kier molecular flexibility index (Phi) is 5.25. The lowest BCUT2D eigenvalue weighted by molar-refractivity contribution is 0.589. The first-order valence-corrected chi connectivity index (χ1v) is 7.73. The molecule has 0 amide bonds. The molecule has 0 saturated heterocycles. The average Bonchev–Trinajstić information content (AvgIpc) is 2.39. The third-order valence-corrected chi connectivity index (χ3v) is 4.26. The molecule has 1 N–H and O–H groups in total. The minimum Gasteiger partial charge on any atom is -0.313 e. The molecule has 0 radical (unpaired) electrons. The Bertz CT molecular complexity index is 551. The van der Waals surface area contributed by atoms with Gasteiger partial charge < -0.3 is 5.32 Å². The highest BCUT2D eigenvalue weighted by Gasteiger charge is 2.12. The molecule has 2 aromatic rings. The summed E-state index contributed by atoms with van der Waals surface area (Å²) in [5.74, 6) is 0. The van der Waals surface area contributed by atoms with Gasteiger partial charge in [0.15, 0.2) is 0 Å². The van der Waals surface area contributed by atoms with Crippen LogP contribution in [0, 0.1) is 10.5 Å². The molecule has 2 aromatic carbocycles. The Morgan fingerprint density at radius 2 is 1.84 bits per heavy atom. The maximum atomic E-state index is 6.02. The lowest BCUT2D eigenvalue weighted by atomic mass is 9.95. The number of benzene rings is 2. The van der Waals surface area contributed by atoms with E-state index in [1.807, 2.05) is 19.2 Å². The molecular weight excluding hydrogens is 369 g/mol. The predicted molar refractivity (Wildman–Crippen MR) is 90.9 cm³/mol. The van der Waals surface area contributed by atoms with Crippen LogP contribution in [0.25, 0.3) is 0 Å². The third kappa shape index (κ3) is 3.94. The van der Waals surface area contributed by atoms with Gasteiger partial charge in [0.1, 0.15) is 0 Å². The monoisotopic (exact) mass is 385 g/mol. The predicted octanol–water partition coefficient (Wildman–Crippen LogP) is 4.76. The standard InChI is InChI=1S/C16H17ClIN/c1-11-9-13(17)5-8-15(11)16(19-2)10-12-3-6-14(18)7-4-12/h3-9,16,19H,10H2,1-2H3. The summed E-state index contributed by atoms with van der Waals surface area (Å²) in [4.78, 5) is 0. The van der Waals surface area contributed by atoms with Crippen LogP contribution in [0.5, 0.6) is 0 Å². The smallest absolute Gasteiger partial charge is 0.0408 e. The molecule has 19 heavy (non-hydrogen) atoms. The Hall–Kier alpha value is -0.580. The molecule has 0 aliphatic rings. The summed E-state index contributed by atoms with van der Waals surface area (Å²) in [6.45, 7) is 2.11. The van der Waals surface area contributed by atoms with Crippen molar-refractivity contribution in [2.45, 2.75) is 19.4 Å². The molecular formula is C16H17ClIN. The molecule has 100 valence electrons. The topological polar surface area (TPSA) is 12.0 Å². The number of aryl methyl sites for hydroxylation is 1. The number of likely N-dealkylation sites (N-methyl/N-ethyl adjacent to an activating group) is 1. The Balaban J connectivity index is 2.22. The van der Waals surface area contributed by atoms with Crippen LogP contribution < -0.4 is 5.32 Å². The van der Waals surface area contributed by atoms with Crippen LogP contribution in [-0.2, 0) is 6.42 Å². The van der Waals surface area contributed by atoms with Crippen molar-refractivity contribution >= 4 is 34.2 Å². The van der Waals surface area contributed by atoms with Crippen LogP contribution >= 0.6 is 34.2 Å². The zero-order chi connectivity index (χ0) is 13.8. The highest BCUT2D eigenvalue weighted by Crippen LogP contribution is 2.24. The highest BCUT2D eigenvalue weighted by atomic mass is 127. The molecule has 1 unspecified atom stereocenters. The molecule has 3 heteroatoms. The second-order valence-electron chi connectivity index (χ2n) is 4.67. The molecule has 0 heterocycles. The van der Waals surface area contributed by atoms with E-state index in [1.54, 1.807) is 0 Å². The molecule has 0 aliphatic heterocycles. The molecule has 2 rings (SSSR count). The Morgan fingerprint density at radius 1 is 1.16 bits per heavy atom. The highest BCUT2D eigenvalue weighted by molar-refractivity contribution is 14.1. The maximum absolute atomic E-state index is 6.02. The average molecular weight is 386 g/mol. The van der Waals surface area contributed by atoms with E-state index in [-0.39, 0.29) is 0 Å². The van der Waals surface area contributed by atoms with Crippen LogP contribution in [0.1, 0.15) is 22.7 Å². The number of hydrogen-bond acceptors (Lipinski definition) is 1. The Labute approximate surface area is 133 Å². The SMILES string of the molecule is CNC(Cc1ccc(I)cc1)c1ccc(Cl)cc1C. The number of halogens is 2. The van der Waals surface area contributed by atoms with E-state index in [4.69, 9.17) is 11.6 Å². The van der Waals surface area contributed by atoms with Gasteiger partial charge in [-0.25, -0.2) is 0 Å². The minimum atomic E-state index is 0.317. The fourth-order valence-electron chi connectivity index (χ4n) is 2.25. The zero-order valence-corrected chi connectivity index (χ0v) is 14.0. The van der Waals surface area contributed by atoms with E-state index < -0.39 is 0 Å². The van der Waals surface area contributed by atoms with Gasteiger partial charge in [-0.3, -0.25) is 0 Å². The second kappa shape index (κ2) is 6.73. The largest absolute Gasteiger partial charge is 0.313 e. The van der Waals surface area contributed by atoms with Crippen LogP contribution in [-0.4, -0.2) is 7.05 Å². The summed E-state index contributed by atoms with van der Waals surface area (Å²) >= 11 is 8.35. The molecule has 0 aromatic heterocycles. The summed E-state index contributed by atoms with van der Waals surface area (Å²) in [6.07, 6.45) is 0.982. The normalized spacial score (nSPS) is 12.4. The van der Waals surface area contributed by atoms with Gasteiger partial charge in [0.25, 0.3) is 0 Å². The van der Waals surface area contributed by atoms with Gasteiger partial charge in [-0.15, -0.1) is 0 Å². The number of hydrogen-bond donors (Lipinski definition) is 1. The first kappa shape index (κ1) is 14.8. The van der Waals surface area contributed by atoms with Crippen molar-refractivity contribution in [3.63, 3.8) is 0 Å². The summed E-state index contributed by atoms with van der Waals surface area (Å²) in [6, 6.07) is 15.1. The van der Waals surface area contributed by atoms with Crippen LogP contribution in [0.15, 0.2) is 42.5 Å². The molecule has 1 nitrogen and oxygen atoms in total. The fourth-order valence-corrected chi connectivity index (χ4v) is 2.84. The van der Waals surface area contributed by atoms with E-state index in [0.717, 1.165) is 11.4 Å². The van der Waals surface area contributed by atoms with Crippen molar-refractivity contribution in [1.29, 1.82) is 0 Å². The van der Waals surface area contributed by atoms with E-state index in [9.17, 15) is 0 Å². The van der Waals surface area contributed by atoms with Crippen molar-refractivity contribution in [1.82, 2.24) is 5.32 Å². The quantitative estimate of drug-likeness (QED) is 0.749. The van der Waals surface area contributed by atoms with Crippen molar-refractivity contribution in [2.24, 2.45) is 0 Å². The summed E-state index contributed by atoms with van der Waals surface area (Å²) in [5.41, 5.74) is 3.89. The van der Waals surface area contributed by atoms with Crippen molar-refractivity contribution < 1.29 is 0 Å². The van der Waals surface area contributed by atoms with Crippen molar-refractivity contribution in [3.05, 3.63) is 67.7 Å². The van der Waals surface area contributed by atoms with E-state index in [0.29, 0.717) is 6.04 Å². The lowest BCUT2D eigenvalue weighted by Crippen LogP contribution is -2.19. The first-order valence-electron chi connectivity index (χ1n) is 6.28. The Morgan fingerprint density at radius 3 is 2.42 bits per heavy atom. The van der Waals surface area contributed by atoms with Gasteiger partial charge in [-0.2, -0.15) is 0 Å². The van der Waals surface area contributed by atoms with Gasteiger partial charge in [-0.1, -0.05) is 29.8 Å². The van der Waals surface area contributed by atoms with Crippen LogP contribution in [0.4, 0.5) is 0 Å². The van der Waals surface area contributed by atoms with Gasteiger partial charge in [0.05, 0.1) is 0 Å². The molecule has 0 spiro atoms. The van der Waals surface area contributed by atoms with E-state index in [1.165, 1.54) is 20.3 Å². The van der Waals surface area contributed by atoms with E-state index in [2.05, 4.69) is 65.2 Å². The molecule has 0 aliphatic carbocycles. The summed E-state index contributed by atoms with van der Waals surface area (Å²) < 4.78 is 1.27. The zero-order valence-electron chi connectivity index (χ0n) is 11.1. The molecule has 1 atom stereocenters. The summed E-state index contributed by atoms with van der Waals surface area (Å²) in [5, 5.41) is 4.19. The number of nitrogens with one attached hydrogen (secondary N) is 1. The van der Waals surface area contributed by atoms with Gasteiger partial charge in [-0.05, 0) is 83.9 Å². The molecule has 0 fully saturated rings. The van der Waals surface area contributed by atoms with Crippen LogP contribution in [0.2, 0.25) is 5.02 Å². The van der Waals surface area contributed by atoms with Crippen molar-refractivity contribution in [2.75, 3.05) is 7.05 Å². The second-order valence-corrected chi connectivity index (χ2v) is 6.35. The van der Waals surface area contributed by atoms with Gasteiger partial charge in [0.2, 0.25) is 0 Å².